The second-order valence-corrected chi connectivity index (χ2v) is 4.33. The second-order valence-electron chi connectivity index (χ2n) is 4.33. The number of aliphatic hydroxyl groups excluding tert-OH is 1. The molecule has 1 aromatic carbocycles. The predicted octanol–water partition coefficient (Wildman–Crippen LogP) is 0.923. The van der Waals surface area contributed by atoms with Crippen molar-refractivity contribution in [2.75, 3.05) is 27.4 Å². The van der Waals surface area contributed by atoms with Crippen LogP contribution in [0.4, 0.5) is 0 Å². The fourth-order valence-electron chi connectivity index (χ4n) is 1.88. The first-order valence-electron chi connectivity index (χ1n) is 6.15. The average Bonchev–Trinajstić information content (AvgIpc) is 2.44. The van der Waals surface area contributed by atoms with E-state index in [2.05, 4.69) is 4.98 Å². The lowest BCUT2D eigenvalue weighted by Crippen LogP contribution is -2.23. The Balaban J connectivity index is 2.30. The minimum atomic E-state index is -0.743. The molecule has 0 radical (unpaired) electrons. The Morgan fingerprint density at radius 2 is 2.05 bits per heavy atom. The van der Waals surface area contributed by atoms with E-state index in [1.54, 1.807) is 25.3 Å². The van der Waals surface area contributed by atoms with Crippen molar-refractivity contribution in [1.29, 1.82) is 0 Å². The van der Waals surface area contributed by atoms with Gasteiger partial charge in [-0.05, 0) is 12.1 Å². The van der Waals surface area contributed by atoms with E-state index in [1.807, 2.05) is 0 Å². The lowest BCUT2D eigenvalue weighted by atomic mass is 10.2. The maximum Gasteiger partial charge on any atom is 0.252 e. The molecule has 20 heavy (non-hydrogen) atoms. The predicted molar refractivity (Wildman–Crippen MR) is 74.5 cm³/mol. The van der Waals surface area contributed by atoms with Crippen LogP contribution < -0.4 is 15.0 Å². The van der Waals surface area contributed by atoms with Crippen molar-refractivity contribution in [3.8, 4) is 11.5 Å². The van der Waals surface area contributed by atoms with E-state index in [1.165, 1.54) is 13.2 Å². The highest BCUT2D eigenvalue weighted by atomic mass is 16.5. The van der Waals surface area contributed by atoms with Crippen LogP contribution in [0, 0.1) is 0 Å². The summed E-state index contributed by atoms with van der Waals surface area (Å²) in [5, 5.41) is 10.3. The van der Waals surface area contributed by atoms with Crippen LogP contribution in [-0.4, -0.2) is 43.6 Å². The van der Waals surface area contributed by atoms with Crippen LogP contribution >= 0.6 is 0 Å². The van der Waals surface area contributed by atoms with Crippen LogP contribution in [0.5, 0.6) is 11.5 Å². The number of fused-ring (bicyclic) bond motifs is 1. The molecule has 1 unspecified atom stereocenters. The summed E-state index contributed by atoms with van der Waals surface area (Å²) in [4.78, 5) is 14.3. The summed E-state index contributed by atoms with van der Waals surface area (Å²) in [7, 11) is 3.05. The molecule has 0 aliphatic heterocycles. The molecule has 0 spiro atoms. The Morgan fingerprint density at radius 1 is 1.25 bits per heavy atom. The van der Waals surface area contributed by atoms with Crippen molar-refractivity contribution in [3.63, 3.8) is 0 Å². The summed E-state index contributed by atoms with van der Waals surface area (Å²) in [6.45, 7) is 0.230. The van der Waals surface area contributed by atoms with Crippen LogP contribution in [0.2, 0.25) is 0 Å². The molecular formula is C14H17NO5. The second kappa shape index (κ2) is 6.40. The molecule has 6 heteroatoms. The molecule has 2 N–H and O–H groups in total. The van der Waals surface area contributed by atoms with Gasteiger partial charge in [0.1, 0.15) is 24.2 Å². The Kier molecular flexibility index (Phi) is 4.60. The Hall–Kier alpha value is -2.05. The summed E-state index contributed by atoms with van der Waals surface area (Å²) in [6.07, 6.45) is -0.743. The van der Waals surface area contributed by atoms with Gasteiger partial charge in [0.15, 0.2) is 0 Å². The van der Waals surface area contributed by atoms with E-state index in [-0.39, 0.29) is 18.8 Å². The molecule has 0 aliphatic rings. The zero-order valence-corrected chi connectivity index (χ0v) is 11.4. The summed E-state index contributed by atoms with van der Waals surface area (Å²) in [6, 6.07) is 6.64. The number of hydrogen-bond acceptors (Lipinski definition) is 5. The number of aliphatic hydroxyl groups is 1. The van der Waals surface area contributed by atoms with Gasteiger partial charge >= 0.3 is 0 Å². The SMILES string of the molecule is COCC(O)COc1cc(=O)[nH]c2cc(OC)ccc12. The monoisotopic (exact) mass is 279 g/mol. The van der Waals surface area contributed by atoms with Crippen LogP contribution in [0.1, 0.15) is 0 Å². The maximum absolute atomic E-state index is 11.6. The molecule has 1 heterocycles. The summed E-state index contributed by atoms with van der Waals surface area (Å²) < 4.78 is 15.4. The molecular weight excluding hydrogens is 262 g/mol. The highest BCUT2D eigenvalue weighted by Crippen LogP contribution is 2.25. The van der Waals surface area contributed by atoms with Crippen LogP contribution in [0.3, 0.4) is 0 Å². The Morgan fingerprint density at radius 3 is 2.75 bits per heavy atom. The van der Waals surface area contributed by atoms with Gasteiger partial charge in [-0.2, -0.15) is 0 Å². The van der Waals surface area contributed by atoms with Gasteiger partial charge in [0, 0.05) is 24.6 Å². The van der Waals surface area contributed by atoms with E-state index >= 15 is 0 Å². The van der Waals surface area contributed by atoms with Gasteiger partial charge in [0.2, 0.25) is 0 Å². The first-order valence-corrected chi connectivity index (χ1v) is 6.15. The van der Waals surface area contributed by atoms with E-state index in [4.69, 9.17) is 14.2 Å². The third-order valence-corrected chi connectivity index (χ3v) is 2.80. The normalized spacial score (nSPS) is 12.3. The molecule has 2 rings (SSSR count). The average molecular weight is 279 g/mol. The first-order chi connectivity index (χ1) is 9.63. The van der Waals surface area contributed by atoms with Gasteiger partial charge in [-0.25, -0.2) is 0 Å². The molecule has 1 aromatic heterocycles. The van der Waals surface area contributed by atoms with Crippen LogP contribution in [0.15, 0.2) is 29.1 Å². The molecule has 0 amide bonds. The molecule has 0 aliphatic carbocycles. The summed E-state index contributed by atoms with van der Waals surface area (Å²) >= 11 is 0. The molecule has 0 saturated carbocycles. The number of benzene rings is 1. The smallest absolute Gasteiger partial charge is 0.252 e. The molecule has 108 valence electrons. The molecule has 0 saturated heterocycles. The third kappa shape index (κ3) is 3.28. The number of pyridine rings is 1. The Labute approximate surface area is 115 Å². The van der Waals surface area contributed by atoms with Crippen molar-refractivity contribution >= 4 is 10.9 Å². The number of nitrogens with one attached hydrogen (secondary N) is 1. The first kappa shape index (κ1) is 14.4. The number of rotatable bonds is 6. The van der Waals surface area contributed by atoms with Crippen molar-refractivity contribution in [1.82, 2.24) is 4.98 Å². The topological polar surface area (TPSA) is 80.8 Å². The molecule has 0 bridgehead atoms. The molecule has 6 nitrogen and oxygen atoms in total. The van der Waals surface area contributed by atoms with Gasteiger partial charge in [-0.15, -0.1) is 0 Å². The minimum Gasteiger partial charge on any atom is -0.497 e. The highest BCUT2D eigenvalue weighted by Gasteiger charge is 2.09. The number of aromatic nitrogens is 1. The zero-order chi connectivity index (χ0) is 14.5. The van der Waals surface area contributed by atoms with Crippen LogP contribution in [-0.2, 0) is 4.74 Å². The number of hydrogen-bond donors (Lipinski definition) is 2. The Bertz CT molecular complexity index is 637. The van der Waals surface area contributed by atoms with E-state index in [0.29, 0.717) is 17.0 Å². The van der Waals surface area contributed by atoms with Gasteiger partial charge < -0.3 is 24.3 Å². The molecule has 0 fully saturated rings. The van der Waals surface area contributed by atoms with Crippen molar-refractivity contribution < 1.29 is 19.3 Å². The lowest BCUT2D eigenvalue weighted by Gasteiger charge is -2.13. The summed E-state index contributed by atoms with van der Waals surface area (Å²) in [5.74, 6) is 1.06. The third-order valence-electron chi connectivity index (χ3n) is 2.80. The number of H-pyrrole nitrogens is 1. The van der Waals surface area contributed by atoms with Crippen molar-refractivity contribution in [3.05, 3.63) is 34.6 Å². The lowest BCUT2D eigenvalue weighted by molar-refractivity contribution is 0.0329. The van der Waals surface area contributed by atoms with Crippen molar-refractivity contribution in [2.45, 2.75) is 6.10 Å². The van der Waals surface area contributed by atoms with E-state index in [0.717, 1.165) is 5.39 Å². The summed E-state index contributed by atoms with van der Waals surface area (Å²) in [5.41, 5.74) is 0.343. The largest absolute Gasteiger partial charge is 0.497 e. The highest BCUT2D eigenvalue weighted by molar-refractivity contribution is 5.85. The molecule has 2 aromatic rings. The number of aromatic amines is 1. The van der Waals surface area contributed by atoms with Gasteiger partial charge in [-0.1, -0.05) is 0 Å². The number of methoxy groups -OCH3 is 2. The van der Waals surface area contributed by atoms with E-state index < -0.39 is 6.10 Å². The van der Waals surface area contributed by atoms with Crippen LogP contribution in [0.25, 0.3) is 10.9 Å². The fraction of sp³-hybridized carbons (Fsp3) is 0.357. The van der Waals surface area contributed by atoms with Gasteiger partial charge in [0.25, 0.3) is 5.56 Å². The van der Waals surface area contributed by atoms with Gasteiger partial charge in [0.05, 0.1) is 19.2 Å². The molecule has 1 atom stereocenters. The maximum atomic E-state index is 11.6. The number of ether oxygens (including phenoxy) is 3. The fourth-order valence-corrected chi connectivity index (χ4v) is 1.88. The standard InChI is InChI=1S/C14H17NO5/c1-18-7-9(16)8-20-13-6-14(17)15-12-5-10(19-2)3-4-11(12)13/h3-6,9,16H,7-8H2,1-2H3,(H,15,17). The zero-order valence-electron chi connectivity index (χ0n) is 11.4. The quantitative estimate of drug-likeness (QED) is 0.822. The minimum absolute atomic E-state index is 0.0540. The van der Waals surface area contributed by atoms with Crippen molar-refractivity contribution in [2.24, 2.45) is 0 Å². The van der Waals surface area contributed by atoms with Gasteiger partial charge in [-0.3, -0.25) is 4.79 Å². The van der Waals surface area contributed by atoms with E-state index in [9.17, 15) is 9.90 Å².